The van der Waals surface area contributed by atoms with Crippen LogP contribution >= 0.6 is 11.8 Å². The molecule has 0 bridgehead atoms. The second kappa shape index (κ2) is 6.74. The normalized spacial score (nSPS) is 11.0. The SMILES string of the molecule is CC(C)CSCC(=O)CCc1nccn1C. The second-order valence-corrected chi connectivity index (χ2v) is 5.43. The topological polar surface area (TPSA) is 34.9 Å². The van der Waals surface area contributed by atoms with Crippen LogP contribution in [-0.2, 0) is 18.3 Å². The van der Waals surface area contributed by atoms with Gasteiger partial charge in [0.2, 0.25) is 0 Å². The molecule has 16 heavy (non-hydrogen) atoms. The number of thioether (sulfide) groups is 1. The third-order valence-electron chi connectivity index (χ3n) is 2.26. The second-order valence-electron chi connectivity index (χ2n) is 4.40. The first kappa shape index (κ1) is 13.3. The predicted molar refractivity (Wildman–Crippen MR) is 68.7 cm³/mol. The molecule has 0 amide bonds. The molecule has 0 aliphatic carbocycles. The van der Waals surface area contributed by atoms with Gasteiger partial charge < -0.3 is 4.57 Å². The van der Waals surface area contributed by atoms with E-state index in [0.717, 1.165) is 18.0 Å². The van der Waals surface area contributed by atoms with E-state index < -0.39 is 0 Å². The van der Waals surface area contributed by atoms with Crippen LogP contribution in [0.15, 0.2) is 12.4 Å². The predicted octanol–water partition coefficient (Wildman–Crippen LogP) is 2.31. The van der Waals surface area contributed by atoms with Gasteiger partial charge in [-0.15, -0.1) is 0 Å². The summed E-state index contributed by atoms with van der Waals surface area (Å²) in [6.45, 7) is 4.34. The fourth-order valence-corrected chi connectivity index (χ4v) is 2.33. The standard InChI is InChI=1S/C12H20N2OS/c1-10(2)8-16-9-11(15)4-5-12-13-6-7-14(12)3/h6-7,10H,4-5,8-9H2,1-3H3. The quantitative estimate of drug-likeness (QED) is 0.733. The summed E-state index contributed by atoms with van der Waals surface area (Å²) in [4.78, 5) is 15.8. The molecule has 0 radical (unpaired) electrons. The van der Waals surface area contributed by atoms with Crippen LogP contribution in [0.25, 0.3) is 0 Å². The highest BCUT2D eigenvalue weighted by Crippen LogP contribution is 2.09. The number of aryl methyl sites for hydroxylation is 2. The lowest BCUT2D eigenvalue weighted by atomic mass is 10.2. The van der Waals surface area contributed by atoms with Crippen LogP contribution < -0.4 is 0 Å². The molecule has 0 saturated heterocycles. The van der Waals surface area contributed by atoms with E-state index in [9.17, 15) is 4.79 Å². The van der Waals surface area contributed by atoms with E-state index in [1.54, 1.807) is 18.0 Å². The van der Waals surface area contributed by atoms with Crippen LogP contribution in [-0.4, -0.2) is 26.8 Å². The van der Waals surface area contributed by atoms with Crippen molar-refractivity contribution in [1.29, 1.82) is 0 Å². The van der Waals surface area contributed by atoms with E-state index in [4.69, 9.17) is 0 Å². The molecule has 1 aromatic heterocycles. The van der Waals surface area contributed by atoms with Crippen molar-refractivity contribution < 1.29 is 4.79 Å². The monoisotopic (exact) mass is 240 g/mol. The van der Waals surface area contributed by atoms with Gasteiger partial charge in [-0.3, -0.25) is 4.79 Å². The average molecular weight is 240 g/mol. The number of ketones is 1. The van der Waals surface area contributed by atoms with Crippen molar-refractivity contribution in [3.8, 4) is 0 Å². The Balaban J connectivity index is 2.18. The van der Waals surface area contributed by atoms with Crippen LogP contribution in [0.1, 0.15) is 26.1 Å². The van der Waals surface area contributed by atoms with Gasteiger partial charge >= 0.3 is 0 Å². The lowest BCUT2D eigenvalue weighted by Crippen LogP contribution is -2.07. The molecule has 0 aliphatic rings. The van der Waals surface area contributed by atoms with E-state index in [1.165, 1.54) is 0 Å². The molecular weight excluding hydrogens is 220 g/mol. The van der Waals surface area contributed by atoms with Crippen LogP contribution in [0.2, 0.25) is 0 Å². The number of hydrogen-bond donors (Lipinski definition) is 0. The molecule has 1 heterocycles. The molecule has 0 fully saturated rings. The fraction of sp³-hybridized carbons (Fsp3) is 0.667. The minimum atomic E-state index is 0.327. The Hall–Kier alpha value is -0.770. The number of imidazole rings is 1. The van der Waals surface area contributed by atoms with Crippen molar-refractivity contribution in [3.05, 3.63) is 18.2 Å². The molecular formula is C12H20N2OS. The zero-order valence-electron chi connectivity index (χ0n) is 10.3. The van der Waals surface area contributed by atoms with Gasteiger partial charge in [0, 0.05) is 32.3 Å². The molecule has 1 rings (SSSR count). The van der Waals surface area contributed by atoms with Crippen molar-refractivity contribution in [2.75, 3.05) is 11.5 Å². The largest absolute Gasteiger partial charge is 0.338 e. The highest BCUT2D eigenvalue weighted by Gasteiger charge is 2.06. The van der Waals surface area contributed by atoms with Crippen molar-refractivity contribution in [1.82, 2.24) is 9.55 Å². The maximum absolute atomic E-state index is 11.6. The summed E-state index contributed by atoms with van der Waals surface area (Å²) in [6.07, 6.45) is 5.04. The fourth-order valence-electron chi connectivity index (χ4n) is 1.37. The molecule has 0 N–H and O–H groups in total. The van der Waals surface area contributed by atoms with Gasteiger partial charge in [0.15, 0.2) is 0 Å². The van der Waals surface area contributed by atoms with Crippen molar-refractivity contribution >= 4 is 17.5 Å². The Bertz CT molecular complexity index is 334. The average Bonchev–Trinajstić information content (AvgIpc) is 2.60. The minimum Gasteiger partial charge on any atom is -0.338 e. The Morgan fingerprint density at radius 1 is 1.56 bits per heavy atom. The lowest BCUT2D eigenvalue weighted by molar-refractivity contribution is -0.116. The van der Waals surface area contributed by atoms with Gasteiger partial charge in [-0.25, -0.2) is 4.98 Å². The molecule has 3 nitrogen and oxygen atoms in total. The van der Waals surface area contributed by atoms with Crippen molar-refractivity contribution in [3.63, 3.8) is 0 Å². The number of hydrogen-bond acceptors (Lipinski definition) is 3. The van der Waals surface area contributed by atoms with Gasteiger partial charge in [0.25, 0.3) is 0 Å². The molecule has 0 aliphatic heterocycles. The number of nitrogens with zero attached hydrogens (tertiary/aromatic N) is 2. The maximum Gasteiger partial charge on any atom is 0.143 e. The van der Waals surface area contributed by atoms with Crippen molar-refractivity contribution in [2.45, 2.75) is 26.7 Å². The lowest BCUT2D eigenvalue weighted by Gasteiger charge is -2.04. The molecule has 0 unspecified atom stereocenters. The summed E-state index contributed by atoms with van der Waals surface area (Å²) < 4.78 is 1.97. The van der Waals surface area contributed by atoms with Crippen LogP contribution in [0, 0.1) is 5.92 Å². The van der Waals surface area contributed by atoms with E-state index >= 15 is 0 Å². The van der Waals surface area contributed by atoms with E-state index in [2.05, 4.69) is 18.8 Å². The zero-order valence-corrected chi connectivity index (χ0v) is 11.1. The highest BCUT2D eigenvalue weighted by molar-refractivity contribution is 7.99. The summed E-state index contributed by atoms with van der Waals surface area (Å²) in [5.41, 5.74) is 0. The van der Waals surface area contributed by atoms with E-state index in [0.29, 0.717) is 23.9 Å². The first-order chi connectivity index (χ1) is 7.59. The first-order valence-electron chi connectivity index (χ1n) is 5.65. The smallest absolute Gasteiger partial charge is 0.143 e. The maximum atomic E-state index is 11.6. The Kier molecular flexibility index (Phi) is 5.60. The highest BCUT2D eigenvalue weighted by atomic mass is 32.2. The van der Waals surface area contributed by atoms with Gasteiger partial charge in [-0.1, -0.05) is 13.8 Å². The molecule has 0 atom stereocenters. The van der Waals surface area contributed by atoms with Gasteiger partial charge in [-0.2, -0.15) is 11.8 Å². The number of carbonyl (C=O) groups excluding carboxylic acids is 1. The molecule has 0 spiro atoms. The molecule has 1 aromatic rings. The Morgan fingerprint density at radius 3 is 2.88 bits per heavy atom. The van der Waals surface area contributed by atoms with Crippen LogP contribution in [0.3, 0.4) is 0 Å². The minimum absolute atomic E-state index is 0.327. The van der Waals surface area contributed by atoms with E-state index in [-0.39, 0.29) is 0 Å². The van der Waals surface area contributed by atoms with Crippen molar-refractivity contribution in [2.24, 2.45) is 13.0 Å². The first-order valence-corrected chi connectivity index (χ1v) is 6.80. The molecule has 0 aromatic carbocycles. The van der Waals surface area contributed by atoms with Crippen LogP contribution in [0.5, 0.6) is 0 Å². The molecule has 4 heteroatoms. The number of rotatable bonds is 7. The summed E-state index contributed by atoms with van der Waals surface area (Å²) in [5.74, 6) is 3.68. The summed E-state index contributed by atoms with van der Waals surface area (Å²) in [7, 11) is 1.96. The third-order valence-corrected chi connectivity index (χ3v) is 3.69. The third kappa shape index (κ3) is 4.84. The Morgan fingerprint density at radius 2 is 2.31 bits per heavy atom. The van der Waals surface area contributed by atoms with Gasteiger partial charge in [-0.05, 0) is 11.7 Å². The van der Waals surface area contributed by atoms with Gasteiger partial charge in [0.1, 0.15) is 11.6 Å². The zero-order chi connectivity index (χ0) is 12.0. The van der Waals surface area contributed by atoms with Gasteiger partial charge in [0.05, 0.1) is 5.75 Å². The number of aromatic nitrogens is 2. The number of carbonyl (C=O) groups is 1. The molecule has 90 valence electrons. The molecule has 0 saturated carbocycles. The van der Waals surface area contributed by atoms with Crippen LogP contribution in [0.4, 0.5) is 0 Å². The summed E-state index contributed by atoms with van der Waals surface area (Å²) in [5, 5.41) is 0. The summed E-state index contributed by atoms with van der Waals surface area (Å²) in [6, 6.07) is 0. The summed E-state index contributed by atoms with van der Waals surface area (Å²) >= 11 is 1.73. The van der Waals surface area contributed by atoms with E-state index in [1.807, 2.05) is 17.8 Å². The Labute approximate surface area is 102 Å². The number of Topliss-reactive ketones (excluding diaryl/α,β-unsaturated/α-hetero) is 1.